The van der Waals surface area contributed by atoms with Crippen molar-refractivity contribution in [3.63, 3.8) is 0 Å². The van der Waals surface area contributed by atoms with Crippen LogP contribution in [0.3, 0.4) is 0 Å². The number of benzene rings is 2. The average Bonchev–Trinajstić information content (AvgIpc) is 3.18. The highest BCUT2D eigenvalue weighted by Gasteiger charge is 2.24. The van der Waals surface area contributed by atoms with Crippen molar-refractivity contribution >= 4 is 58.4 Å². The molecule has 2 aromatic carbocycles. The molecule has 4 rings (SSSR count). The van der Waals surface area contributed by atoms with E-state index >= 15 is 0 Å². The van der Waals surface area contributed by atoms with Crippen LogP contribution in [0.5, 0.6) is 0 Å². The molecule has 3 aromatic rings. The molecule has 164 valence electrons. The molecule has 1 fully saturated rings. The molecular weight excluding hydrogens is 502 g/mol. The Morgan fingerprint density at radius 2 is 1.90 bits per heavy atom. The standard InChI is InChI=1S/C21H22BrN3O4S2/c1-31(27,28)18-4-2-3-17-19(18)23-21(30-17)25(10-9-24-11-13-29-14-12-24)20(26)15-5-7-16(22)8-6-15/h2-8H,9-14H2,1H3. The van der Waals surface area contributed by atoms with Crippen LogP contribution in [0.1, 0.15) is 10.4 Å². The molecule has 0 bridgehead atoms. The second kappa shape index (κ2) is 9.33. The van der Waals surface area contributed by atoms with Crippen LogP contribution < -0.4 is 4.90 Å². The van der Waals surface area contributed by atoms with Crippen LogP contribution in [0.4, 0.5) is 5.13 Å². The molecule has 2 heterocycles. The fraction of sp³-hybridized carbons (Fsp3) is 0.333. The lowest BCUT2D eigenvalue weighted by atomic mass is 10.2. The van der Waals surface area contributed by atoms with Gasteiger partial charge in [-0.1, -0.05) is 33.3 Å². The Morgan fingerprint density at radius 1 is 1.19 bits per heavy atom. The van der Waals surface area contributed by atoms with Crippen LogP contribution in [0, 0.1) is 0 Å². The van der Waals surface area contributed by atoms with E-state index in [0.29, 0.717) is 42.5 Å². The number of morpholine rings is 1. The van der Waals surface area contributed by atoms with Gasteiger partial charge in [-0.25, -0.2) is 13.4 Å². The molecule has 1 amide bonds. The van der Waals surface area contributed by atoms with E-state index in [0.717, 1.165) is 22.3 Å². The zero-order valence-electron chi connectivity index (χ0n) is 17.0. The van der Waals surface area contributed by atoms with Crippen molar-refractivity contribution in [3.05, 3.63) is 52.5 Å². The van der Waals surface area contributed by atoms with E-state index in [1.165, 1.54) is 17.6 Å². The zero-order chi connectivity index (χ0) is 22.0. The number of carbonyl (C=O) groups is 1. The summed E-state index contributed by atoms with van der Waals surface area (Å²) in [6.07, 6.45) is 1.17. The average molecular weight is 524 g/mol. The highest BCUT2D eigenvalue weighted by molar-refractivity contribution is 9.10. The molecule has 1 aliphatic rings. The van der Waals surface area contributed by atoms with Gasteiger partial charge in [0.1, 0.15) is 5.52 Å². The minimum Gasteiger partial charge on any atom is -0.379 e. The maximum Gasteiger partial charge on any atom is 0.260 e. The smallest absolute Gasteiger partial charge is 0.260 e. The fourth-order valence-corrected chi connectivity index (χ4v) is 5.60. The van der Waals surface area contributed by atoms with Gasteiger partial charge in [0, 0.05) is 42.5 Å². The molecule has 0 aliphatic carbocycles. The van der Waals surface area contributed by atoms with Crippen molar-refractivity contribution in [2.24, 2.45) is 0 Å². The highest BCUT2D eigenvalue weighted by Crippen LogP contribution is 2.33. The van der Waals surface area contributed by atoms with E-state index in [1.807, 2.05) is 18.2 Å². The first-order valence-electron chi connectivity index (χ1n) is 9.80. The fourth-order valence-electron chi connectivity index (χ4n) is 3.42. The van der Waals surface area contributed by atoms with Gasteiger partial charge in [0.25, 0.3) is 5.91 Å². The van der Waals surface area contributed by atoms with Crippen molar-refractivity contribution in [2.75, 3.05) is 50.5 Å². The number of nitrogens with zero attached hydrogens (tertiary/aromatic N) is 3. The molecular formula is C21H22BrN3O4S2. The normalized spacial score (nSPS) is 15.3. The molecule has 1 aliphatic heterocycles. The monoisotopic (exact) mass is 523 g/mol. The van der Waals surface area contributed by atoms with Crippen molar-refractivity contribution < 1.29 is 17.9 Å². The van der Waals surface area contributed by atoms with Gasteiger partial charge in [-0.15, -0.1) is 0 Å². The molecule has 10 heteroatoms. The van der Waals surface area contributed by atoms with E-state index < -0.39 is 9.84 Å². The zero-order valence-corrected chi connectivity index (χ0v) is 20.2. The Morgan fingerprint density at radius 3 is 2.58 bits per heavy atom. The van der Waals surface area contributed by atoms with E-state index in [9.17, 15) is 13.2 Å². The van der Waals surface area contributed by atoms with E-state index in [1.54, 1.807) is 29.2 Å². The van der Waals surface area contributed by atoms with Gasteiger partial charge in [-0.2, -0.15) is 0 Å². The van der Waals surface area contributed by atoms with Crippen LogP contribution in [0.15, 0.2) is 51.8 Å². The Bertz CT molecular complexity index is 1190. The molecule has 1 aromatic heterocycles. The van der Waals surface area contributed by atoms with Crippen molar-refractivity contribution in [3.8, 4) is 0 Å². The van der Waals surface area contributed by atoms with E-state index in [-0.39, 0.29) is 10.8 Å². The van der Waals surface area contributed by atoms with Crippen LogP contribution >= 0.6 is 27.3 Å². The van der Waals surface area contributed by atoms with Gasteiger partial charge in [0.2, 0.25) is 0 Å². The summed E-state index contributed by atoms with van der Waals surface area (Å²) in [4.78, 5) is 22.1. The predicted molar refractivity (Wildman–Crippen MR) is 126 cm³/mol. The second-order valence-corrected chi connectivity index (χ2v) is 11.2. The van der Waals surface area contributed by atoms with Crippen molar-refractivity contribution in [1.82, 2.24) is 9.88 Å². The lowest BCUT2D eigenvalue weighted by Gasteiger charge is -2.29. The van der Waals surface area contributed by atoms with Crippen molar-refractivity contribution in [1.29, 1.82) is 0 Å². The predicted octanol–water partition coefficient (Wildman–Crippen LogP) is 3.44. The number of amides is 1. The van der Waals surface area contributed by atoms with Gasteiger partial charge >= 0.3 is 0 Å². The highest BCUT2D eigenvalue weighted by atomic mass is 79.9. The quantitative estimate of drug-likeness (QED) is 0.492. The number of hydrogen-bond donors (Lipinski definition) is 0. The summed E-state index contributed by atoms with van der Waals surface area (Å²) in [5.74, 6) is -0.166. The number of ether oxygens (including phenoxy) is 1. The summed E-state index contributed by atoms with van der Waals surface area (Å²) in [5, 5.41) is 0.493. The van der Waals surface area contributed by atoms with Gasteiger partial charge in [0.05, 0.1) is 22.8 Å². The number of hydrogen-bond acceptors (Lipinski definition) is 7. The SMILES string of the molecule is CS(=O)(=O)c1cccc2sc(N(CCN3CCOCC3)C(=O)c3ccc(Br)cc3)nc12. The minimum atomic E-state index is -3.43. The minimum absolute atomic E-state index is 0.166. The number of aromatic nitrogens is 1. The third-order valence-corrected chi connectivity index (χ3v) is 7.78. The lowest BCUT2D eigenvalue weighted by molar-refractivity contribution is 0.0391. The number of thiazole rings is 1. The molecule has 0 atom stereocenters. The Labute approximate surface area is 193 Å². The summed E-state index contributed by atoms with van der Waals surface area (Å²) in [7, 11) is -3.43. The van der Waals surface area contributed by atoms with Gasteiger partial charge in [-0.05, 0) is 36.4 Å². The van der Waals surface area contributed by atoms with Crippen LogP contribution in [-0.4, -0.2) is 69.9 Å². The molecule has 0 unspecified atom stereocenters. The Balaban J connectivity index is 1.70. The number of para-hydroxylation sites is 1. The Hall–Kier alpha value is -1.85. The third kappa shape index (κ3) is 5.15. The number of sulfone groups is 1. The first kappa shape index (κ1) is 22.3. The molecule has 7 nitrogen and oxygen atoms in total. The van der Waals surface area contributed by atoms with Gasteiger partial charge < -0.3 is 4.74 Å². The number of rotatable bonds is 6. The van der Waals surface area contributed by atoms with Crippen molar-refractivity contribution in [2.45, 2.75) is 4.90 Å². The van der Waals surface area contributed by atoms with Crippen LogP contribution in [0.2, 0.25) is 0 Å². The van der Waals surface area contributed by atoms with E-state index in [4.69, 9.17) is 4.74 Å². The number of fused-ring (bicyclic) bond motifs is 1. The summed E-state index contributed by atoms with van der Waals surface area (Å²) >= 11 is 4.72. The summed E-state index contributed by atoms with van der Waals surface area (Å²) in [6, 6.07) is 12.3. The Kier molecular flexibility index (Phi) is 6.73. The van der Waals surface area contributed by atoms with Gasteiger partial charge in [0.15, 0.2) is 15.0 Å². The molecule has 31 heavy (non-hydrogen) atoms. The molecule has 1 saturated heterocycles. The summed E-state index contributed by atoms with van der Waals surface area (Å²) in [5.41, 5.74) is 0.956. The lowest BCUT2D eigenvalue weighted by Crippen LogP contribution is -2.43. The number of anilines is 1. The third-order valence-electron chi connectivity index (χ3n) is 5.08. The maximum atomic E-state index is 13.4. The van der Waals surface area contributed by atoms with E-state index in [2.05, 4.69) is 25.8 Å². The molecule has 0 N–H and O–H groups in total. The second-order valence-electron chi connectivity index (χ2n) is 7.29. The summed E-state index contributed by atoms with van der Waals surface area (Å²) in [6.45, 7) is 4.12. The first-order valence-corrected chi connectivity index (χ1v) is 13.3. The van der Waals surface area contributed by atoms with Crippen LogP contribution in [0.25, 0.3) is 10.2 Å². The van der Waals surface area contributed by atoms with Crippen LogP contribution in [-0.2, 0) is 14.6 Å². The summed E-state index contributed by atoms with van der Waals surface area (Å²) < 4.78 is 31.4. The molecule has 0 spiro atoms. The number of halogens is 1. The topological polar surface area (TPSA) is 79.8 Å². The molecule has 0 radical (unpaired) electrons. The first-order chi connectivity index (χ1) is 14.8. The largest absolute Gasteiger partial charge is 0.379 e. The van der Waals surface area contributed by atoms with Gasteiger partial charge in [-0.3, -0.25) is 14.6 Å². The maximum absolute atomic E-state index is 13.4. The molecule has 0 saturated carbocycles. The number of carbonyl (C=O) groups excluding carboxylic acids is 1.